The van der Waals surface area contributed by atoms with Crippen molar-refractivity contribution in [2.45, 2.75) is 19.8 Å². The Labute approximate surface area is 162 Å². The molecule has 0 aliphatic carbocycles. The van der Waals surface area contributed by atoms with E-state index in [1.165, 1.54) is 27.7 Å². The second-order valence-corrected chi connectivity index (χ2v) is 7.06. The number of benzene rings is 1. The van der Waals surface area contributed by atoms with Crippen molar-refractivity contribution in [1.82, 2.24) is 24.8 Å². The SMILES string of the molecule is Cc1ccc(-n2cc(C(=O)N(C)CC(=O)N3CCCC(C(=O)O)C3)nn2)cc1. The summed E-state index contributed by atoms with van der Waals surface area (Å²) < 4.78 is 1.50. The molecule has 0 radical (unpaired) electrons. The van der Waals surface area contributed by atoms with Crippen molar-refractivity contribution in [3.63, 3.8) is 0 Å². The fourth-order valence-corrected chi connectivity index (χ4v) is 3.16. The number of hydrogen-bond donors (Lipinski definition) is 1. The van der Waals surface area contributed by atoms with Gasteiger partial charge in [0.15, 0.2) is 5.69 Å². The largest absolute Gasteiger partial charge is 0.481 e. The first-order chi connectivity index (χ1) is 13.3. The number of carboxylic acids is 1. The summed E-state index contributed by atoms with van der Waals surface area (Å²) in [5, 5.41) is 17.0. The fraction of sp³-hybridized carbons (Fsp3) is 0.421. The minimum atomic E-state index is -0.894. The first-order valence-corrected chi connectivity index (χ1v) is 9.10. The number of aryl methyl sites for hydroxylation is 1. The molecule has 1 atom stereocenters. The summed E-state index contributed by atoms with van der Waals surface area (Å²) in [6, 6.07) is 7.63. The molecular weight excluding hydrogens is 362 g/mol. The Bertz CT molecular complexity index is 877. The minimum Gasteiger partial charge on any atom is -0.481 e. The maximum Gasteiger partial charge on any atom is 0.308 e. The molecule has 1 fully saturated rings. The number of carbonyl (C=O) groups excluding carboxylic acids is 2. The van der Waals surface area contributed by atoms with Crippen molar-refractivity contribution in [2.75, 3.05) is 26.7 Å². The molecule has 1 aromatic heterocycles. The average Bonchev–Trinajstić information content (AvgIpc) is 3.18. The Morgan fingerprint density at radius 1 is 1.25 bits per heavy atom. The third-order valence-electron chi connectivity index (χ3n) is 4.85. The highest BCUT2D eigenvalue weighted by atomic mass is 16.4. The van der Waals surface area contributed by atoms with Crippen molar-refractivity contribution in [3.8, 4) is 5.69 Å². The van der Waals surface area contributed by atoms with E-state index in [2.05, 4.69) is 10.3 Å². The number of hydrogen-bond acceptors (Lipinski definition) is 5. The third-order valence-corrected chi connectivity index (χ3v) is 4.85. The van der Waals surface area contributed by atoms with Crippen LogP contribution in [0.2, 0.25) is 0 Å². The van der Waals surface area contributed by atoms with Gasteiger partial charge in [0.2, 0.25) is 5.91 Å². The number of rotatable bonds is 5. The lowest BCUT2D eigenvalue weighted by atomic mass is 9.98. The van der Waals surface area contributed by atoms with E-state index in [4.69, 9.17) is 5.11 Å². The number of carbonyl (C=O) groups is 3. The van der Waals surface area contributed by atoms with Gasteiger partial charge in [-0.2, -0.15) is 0 Å². The molecule has 1 unspecified atom stereocenters. The van der Waals surface area contributed by atoms with E-state index in [9.17, 15) is 14.4 Å². The van der Waals surface area contributed by atoms with E-state index in [1.54, 1.807) is 0 Å². The summed E-state index contributed by atoms with van der Waals surface area (Å²) in [4.78, 5) is 39.0. The van der Waals surface area contributed by atoms with Gasteiger partial charge in [-0.3, -0.25) is 14.4 Å². The predicted molar refractivity (Wildman–Crippen MR) is 100.0 cm³/mol. The molecule has 1 aliphatic heterocycles. The Morgan fingerprint density at radius 3 is 2.64 bits per heavy atom. The van der Waals surface area contributed by atoms with Crippen LogP contribution in [0.15, 0.2) is 30.5 Å². The van der Waals surface area contributed by atoms with Gasteiger partial charge >= 0.3 is 5.97 Å². The molecule has 0 spiro atoms. The van der Waals surface area contributed by atoms with Crippen LogP contribution >= 0.6 is 0 Å². The van der Waals surface area contributed by atoms with E-state index in [0.717, 1.165) is 11.3 Å². The maximum absolute atomic E-state index is 12.6. The number of likely N-dealkylation sites (tertiary alicyclic amines) is 1. The van der Waals surface area contributed by atoms with Gasteiger partial charge in [0, 0.05) is 20.1 Å². The molecule has 3 rings (SSSR count). The van der Waals surface area contributed by atoms with E-state index in [1.807, 2.05) is 31.2 Å². The van der Waals surface area contributed by atoms with E-state index in [0.29, 0.717) is 19.4 Å². The van der Waals surface area contributed by atoms with Crippen LogP contribution in [0.4, 0.5) is 0 Å². The quantitative estimate of drug-likeness (QED) is 0.822. The first kappa shape index (κ1) is 19.5. The van der Waals surface area contributed by atoms with Crippen LogP contribution in [0, 0.1) is 12.8 Å². The molecule has 0 saturated carbocycles. The fourth-order valence-electron chi connectivity index (χ4n) is 3.16. The van der Waals surface area contributed by atoms with Crippen molar-refractivity contribution >= 4 is 17.8 Å². The van der Waals surface area contributed by atoms with Gasteiger partial charge < -0.3 is 14.9 Å². The summed E-state index contributed by atoms with van der Waals surface area (Å²) in [6.45, 7) is 2.53. The van der Waals surface area contributed by atoms with E-state index < -0.39 is 17.8 Å². The summed E-state index contributed by atoms with van der Waals surface area (Å²) >= 11 is 0. The second kappa shape index (κ2) is 8.20. The molecule has 2 amide bonds. The van der Waals surface area contributed by atoms with Crippen LogP contribution in [0.25, 0.3) is 5.69 Å². The number of carboxylic acid groups (broad SMARTS) is 1. The molecule has 9 heteroatoms. The molecule has 28 heavy (non-hydrogen) atoms. The van der Waals surface area contributed by atoms with E-state index >= 15 is 0 Å². The normalized spacial score (nSPS) is 16.6. The predicted octanol–water partition coefficient (Wildman–Crippen LogP) is 0.971. The topological polar surface area (TPSA) is 109 Å². The molecule has 1 saturated heterocycles. The smallest absolute Gasteiger partial charge is 0.308 e. The van der Waals surface area contributed by atoms with Gasteiger partial charge in [-0.05, 0) is 31.9 Å². The Balaban J connectivity index is 1.62. The lowest BCUT2D eigenvalue weighted by molar-refractivity contribution is -0.145. The van der Waals surface area contributed by atoms with Crippen LogP contribution in [0.3, 0.4) is 0 Å². The average molecular weight is 385 g/mol. The van der Waals surface area contributed by atoms with Crippen LogP contribution in [-0.2, 0) is 9.59 Å². The van der Waals surface area contributed by atoms with Gasteiger partial charge in [-0.15, -0.1) is 5.10 Å². The summed E-state index contributed by atoms with van der Waals surface area (Å²) in [5.41, 5.74) is 2.03. The number of amides is 2. The zero-order valence-electron chi connectivity index (χ0n) is 15.9. The Morgan fingerprint density at radius 2 is 1.96 bits per heavy atom. The molecule has 2 heterocycles. The first-order valence-electron chi connectivity index (χ1n) is 9.10. The summed E-state index contributed by atoms with van der Waals surface area (Å²) in [5.74, 6) is -2.13. The van der Waals surface area contributed by atoms with Gasteiger partial charge in [0.05, 0.1) is 24.3 Å². The van der Waals surface area contributed by atoms with Crippen molar-refractivity contribution < 1.29 is 19.5 Å². The molecular formula is C19H23N5O4. The highest BCUT2D eigenvalue weighted by molar-refractivity contribution is 5.94. The molecule has 0 bridgehead atoms. The number of likely N-dealkylation sites (N-methyl/N-ethyl adjacent to an activating group) is 1. The summed E-state index contributed by atoms with van der Waals surface area (Å²) in [6.07, 6.45) is 2.73. The van der Waals surface area contributed by atoms with Crippen molar-refractivity contribution in [2.24, 2.45) is 5.92 Å². The van der Waals surface area contributed by atoms with Crippen LogP contribution < -0.4 is 0 Å². The number of piperidine rings is 1. The minimum absolute atomic E-state index is 0.136. The standard InChI is InChI=1S/C19H23N5O4/c1-13-5-7-15(8-6-13)24-11-16(20-21-24)18(26)22(2)12-17(25)23-9-3-4-14(10-23)19(27)28/h5-8,11,14H,3-4,9-10,12H2,1-2H3,(H,27,28). The molecule has 9 nitrogen and oxygen atoms in total. The lowest BCUT2D eigenvalue weighted by Crippen LogP contribution is -2.47. The van der Waals surface area contributed by atoms with Crippen LogP contribution in [-0.4, -0.2) is 74.4 Å². The van der Waals surface area contributed by atoms with Gasteiger partial charge in [0.25, 0.3) is 5.91 Å². The molecule has 1 aliphatic rings. The highest BCUT2D eigenvalue weighted by Gasteiger charge is 2.29. The number of nitrogens with zero attached hydrogens (tertiary/aromatic N) is 5. The Kier molecular flexibility index (Phi) is 5.72. The van der Waals surface area contributed by atoms with Crippen molar-refractivity contribution in [3.05, 3.63) is 41.7 Å². The zero-order chi connectivity index (χ0) is 20.3. The Hall–Kier alpha value is -3.23. The summed E-state index contributed by atoms with van der Waals surface area (Å²) in [7, 11) is 1.52. The van der Waals surface area contributed by atoms with Gasteiger partial charge in [0.1, 0.15) is 0 Å². The number of aromatic nitrogens is 3. The second-order valence-electron chi connectivity index (χ2n) is 7.06. The number of aliphatic carboxylic acids is 1. The monoisotopic (exact) mass is 385 g/mol. The molecule has 1 N–H and O–H groups in total. The third kappa shape index (κ3) is 4.36. The lowest BCUT2D eigenvalue weighted by Gasteiger charge is -2.31. The molecule has 148 valence electrons. The van der Waals surface area contributed by atoms with E-state index in [-0.39, 0.29) is 24.7 Å². The maximum atomic E-state index is 12.6. The molecule has 2 aromatic rings. The molecule has 1 aromatic carbocycles. The zero-order valence-corrected chi connectivity index (χ0v) is 15.9. The van der Waals surface area contributed by atoms with Crippen LogP contribution in [0.1, 0.15) is 28.9 Å². The van der Waals surface area contributed by atoms with Crippen molar-refractivity contribution in [1.29, 1.82) is 0 Å². The van der Waals surface area contributed by atoms with Crippen LogP contribution in [0.5, 0.6) is 0 Å². The van der Waals surface area contributed by atoms with Gasteiger partial charge in [-0.1, -0.05) is 22.9 Å². The van der Waals surface area contributed by atoms with Gasteiger partial charge in [-0.25, -0.2) is 4.68 Å². The highest BCUT2D eigenvalue weighted by Crippen LogP contribution is 2.17.